The third kappa shape index (κ3) is 4.54. The second-order valence-corrected chi connectivity index (χ2v) is 9.87. The molecule has 0 spiro atoms. The summed E-state index contributed by atoms with van der Waals surface area (Å²) in [4.78, 5) is 19.8. The Hall–Kier alpha value is -2.19. The highest BCUT2D eigenvalue weighted by atomic mass is 35.5. The van der Waals surface area contributed by atoms with Crippen molar-refractivity contribution in [3.63, 3.8) is 0 Å². The second kappa shape index (κ2) is 9.82. The molecule has 180 valence electrons. The minimum absolute atomic E-state index is 0.0193. The number of benzene rings is 2. The molecule has 3 aromatic rings. The van der Waals surface area contributed by atoms with Crippen molar-refractivity contribution < 1.29 is 14.3 Å². The molecular weight excluding hydrogens is 499 g/mol. The number of halogens is 3. The van der Waals surface area contributed by atoms with E-state index in [2.05, 4.69) is 10.2 Å². The number of nitrogens with one attached hydrogen (secondary N) is 1. The van der Waals surface area contributed by atoms with E-state index in [9.17, 15) is 4.79 Å². The lowest BCUT2D eigenvalue weighted by Gasteiger charge is -2.33. The van der Waals surface area contributed by atoms with Gasteiger partial charge in [0.2, 0.25) is 11.9 Å². The molecule has 0 bridgehead atoms. The molecule has 2 aliphatic rings. The summed E-state index contributed by atoms with van der Waals surface area (Å²) >= 11 is 18.9. The number of piperidine rings is 1. The Kier molecular flexibility index (Phi) is 6.80. The van der Waals surface area contributed by atoms with E-state index in [1.807, 2.05) is 22.8 Å². The van der Waals surface area contributed by atoms with Crippen LogP contribution in [0.4, 0.5) is 5.95 Å². The third-order valence-electron chi connectivity index (χ3n) is 6.50. The normalized spacial score (nSPS) is 19.1. The summed E-state index contributed by atoms with van der Waals surface area (Å²) in [6.07, 6.45) is 2.37. The zero-order valence-electron chi connectivity index (χ0n) is 18.7. The van der Waals surface area contributed by atoms with Crippen LogP contribution in [-0.2, 0) is 9.53 Å². The highest BCUT2D eigenvalue weighted by molar-refractivity contribution is 6.42. The number of carbonyl (C=O) groups is 1. The molecule has 7 nitrogen and oxygen atoms in total. The van der Waals surface area contributed by atoms with E-state index < -0.39 is 0 Å². The van der Waals surface area contributed by atoms with Crippen LogP contribution in [-0.4, -0.2) is 54.9 Å². The Morgan fingerprint density at radius 3 is 2.56 bits per heavy atom. The lowest BCUT2D eigenvalue weighted by molar-refractivity contribution is -0.126. The van der Waals surface area contributed by atoms with E-state index in [1.165, 1.54) is 0 Å². The van der Waals surface area contributed by atoms with Crippen LogP contribution in [0.15, 0.2) is 30.3 Å². The number of methoxy groups -OCH3 is 1. The summed E-state index contributed by atoms with van der Waals surface area (Å²) in [7, 11) is 1.59. The molecule has 1 N–H and O–H groups in total. The van der Waals surface area contributed by atoms with Crippen LogP contribution in [0.5, 0.6) is 5.75 Å². The number of hydrogen-bond donors (Lipinski definition) is 1. The molecule has 2 saturated heterocycles. The monoisotopic (exact) mass is 522 g/mol. The fourth-order valence-corrected chi connectivity index (χ4v) is 5.13. The van der Waals surface area contributed by atoms with E-state index in [1.54, 1.807) is 19.2 Å². The first-order valence-corrected chi connectivity index (χ1v) is 12.4. The average Bonchev–Trinajstić information content (AvgIpc) is 3.48. The number of aromatic nitrogens is 2. The molecule has 1 aromatic heterocycles. The predicted molar refractivity (Wildman–Crippen MR) is 135 cm³/mol. The number of hydrogen-bond acceptors (Lipinski definition) is 5. The predicted octanol–water partition coefficient (Wildman–Crippen LogP) is 5.12. The first-order chi connectivity index (χ1) is 16.4. The lowest BCUT2D eigenvalue weighted by atomic mass is 9.95. The van der Waals surface area contributed by atoms with Crippen molar-refractivity contribution in [2.24, 2.45) is 5.92 Å². The molecule has 10 heteroatoms. The number of ether oxygens (including phenoxy) is 2. The van der Waals surface area contributed by atoms with Crippen molar-refractivity contribution in [3.05, 3.63) is 45.4 Å². The van der Waals surface area contributed by atoms with E-state index in [-0.39, 0.29) is 17.9 Å². The lowest BCUT2D eigenvalue weighted by Crippen LogP contribution is -2.44. The fraction of sp³-hybridized carbons (Fsp3) is 0.417. The molecule has 0 saturated carbocycles. The Morgan fingerprint density at radius 1 is 1.09 bits per heavy atom. The minimum atomic E-state index is -0.0193. The molecule has 0 radical (unpaired) electrons. The molecule has 0 aliphatic carbocycles. The number of anilines is 1. The number of carbonyl (C=O) groups excluding carboxylic acids is 1. The van der Waals surface area contributed by atoms with E-state index in [4.69, 9.17) is 49.3 Å². The van der Waals surface area contributed by atoms with E-state index in [0.717, 1.165) is 41.9 Å². The van der Waals surface area contributed by atoms with Gasteiger partial charge >= 0.3 is 0 Å². The zero-order valence-corrected chi connectivity index (χ0v) is 21.0. The molecule has 34 heavy (non-hydrogen) atoms. The maximum absolute atomic E-state index is 12.7. The number of amides is 1. The summed E-state index contributed by atoms with van der Waals surface area (Å²) in [6.45, 7) is 2.72. The molecule has 1 unspecified atom stereocenters. The van der Waals surface area contributed by atoms with Crippen LogP contribution in [0.1, 0.15) is 19.3 Å². The van der Waals surface area contributed by atoms with Gasteiger partial charge in [-0.15, -0.1) is 0 Å². The summed E-state index contributed by atoms with van der Waals surface area (Å²) < 4.78 is 12.8. The number of fused-ring (bicyclic) bond motifs is 1. The van der Waals surface area contributed by atoms with Crippen LogP contribution in [0.25, 0.3) is 16.7 Å². The molecular formula is C24H25Cl3N4O3. The van der Waals surface area contributed by atoms with Gasteiger partial charge in [-0.3, -0.25) is 9.36 Å². The van der Waals surface area contributed by atoms with Gasteiger partial charge in [0.15, 0.2) is 0 Å². The van der Waals surface area contributed by atoms with Gasteiger partial charge in [0.05, 0.1) is 51.5 Å². The van der Waals surface area contributed by atoms with Gasteiger partial charge in [0, 0.05) is 31.7 Å². The molecule has 5 rings (SSSR count). The standard InChI is InChI=1S/C24H25Cl3N4O3/c1-33-22-10-16(2-3-17(22)25)31-21-12-19(27)18(26)11-20(21)29-24(31)30-7-4-14(5-8-30)23(32)28-15-6-9-34-13-15/h2-3,10-12,14-15H,4-9,13H2,1H3,(H,28,32). The summed E-state index contributed by atoms with van der Waals surface area (Å²) in [6, 6.07) is 9.31. The first-order valence-electron chi connectivity index (χ1n) is 11.3. The maximum Gasteiger partial charge on any atom is 0.223 e. The zero-order chi connectivity index (χ0) is 23.8. The van der Waals surface area contributed by atoms with Crippen molar-refractivity contribution in [1.82, 2.24) is 14.9 Å². The van der Waals surface area contributed by atoms with Crippen molar-refractivity contribution in [2.75, 3.05) is 38.3 Å². The first kappa shape index (κ1) is 23.5. The van der Waals surface area contributed by atoms with Crippen LogP contribution >= 0.6 is 34.8 Å². The Balaban J connectivity index is 1.45. The Bertz CT molecular complexity index is 1220. The van der Waals surface area contributed by atoms with Gasteiger partial charge < -0.3 is 19.7 Å². The highest BCUT2D eigenvalue weighted by Crippen LogP contribution is 2.36. The number of nitrogens with zero attached hydrogens (tertiary/aromatic N) is 3. The van der Waals surface area contributed by atoms with Crippen molar-refractivity contribution >= 4 is 57.7 Å². The van der Waals surface area contributed by atoms with Gasteiger partial charge in [-0.2, -0.15) is 0 Å². The van der Waals surface area contributed by atoms with E-state index >= 15 is 0 Å². The number of rotatable bonds is 5. The van der Waals surface area contributed by atoms with Crippen LogP contribution in [0.2, 0.25) is 15.1 Å². The van der Waals surface area contributed by atoms with E-state index in [0.29, 0.717) is 47.1 Å². The van der Waals surface area contributed by atoms with Crippen molar-refractivity contribution in [1.29, 1.82) is 0 Å². The van der Waals surface area contributed by atoms with Gasteiger partial charge in [0.1, 0.15) is 5.75 Å². The highest BCUT2D eigenvalue weighted by Gasteiger charge is 2.30. The molecule has 2 aliphatic heterocycles. The van der Waals surface area contributed by atoms with Gasteiger partial charge in [0.25, 0.3) is 0 Å². The van der Waals surface area contributed by atoms with Gasteiger partial charge in [-0.25, -0.2) is 4.98 Å². The molecule has 1 amide bonds. The second-order valence-electron chi connectivity index (χ2n) is 8.65. The Morgan fingerprint density at radius 2 is 1.85 bits per heavy atom. The quantitative estimate of drug-likeness (QED) is 0.503. The topological polar surface area (TPSA) is 68.6 Å². The molecule has 2 fully saturated rings. The number of imidazole rings is 1. The maximum atomic E-state index is 12.7. The Labute approximate surface area is 212 Å². The minimum Gasteiger partial charge on any atom is -0.495 e. The third-order valence-corrected chi connectivity index (χ3v) is 7.53. The van der Waals surface area contributed by atoms with Crippen LogP contribution in [0, 0.1) is 5.92 Å². The average molecular weight is 524 g/mol. The molecule has 3 heterocycles. The van der Waals surface area contributed by atoms with Gasteiger partial charge in [-0.05, 0) is 43.5 Å². The smallest absolute Gasteiger partial charge is 0.223 e. The summed E-state index contributed by atoms with van der Waals surface area (Å²) in [5.41, 5.74) is 2.41. The van der Waals surface area contributed by atoms with Crippen molar-refractivity contribution in [2.45, 2.75) is 25.3 Å². The van der Waals surface area contributed by atoms with Crippen LogP contribution < -0.4 is 15.0 Å². The SMILES string of the molecule is COc1cc(-n2c(N3CCC(C(=O)NC4CCOC4)CC3)nc3cc(Cl)c(Cl)cc32)ccc1Cl. The summed E-state index contributed by atoms with van der Waals surface area (Å²) in [5, 5.41) is 4.56. The summed E-state index contributed by atoms with van der Waals surface area (Å²) in [5.74, 6) is 1.43. The van der Waals surface area contributed by atoms with Crippen LogP contribution in [0.3, 0.4) is 0 Å². The van der Waals surface area contributed by atoms with Crippen molar-refractivity contribution in [3.8, 4) is 11.4 Å². The van der Waals surface area contributed by atoms with Gasteiger partial charge in [-0.1, -0.05) is 34.8 Å². The molecule has 2 aromatic carbocycles. The largest absolute Gasteiger partial charge is 0.495 e. The fourth-order valence-electron chi connectivity index (χ4n) is 4.62. The molecule has 1 atom stereocenters.